The summed E-state index contributed by atoms with van der Waals surface area (Å²) in [6.07, 6.45) is 4.27. The van der Waals surface area contributed by atoms with Crippen LogP contribution in [-0.4, -0.2) is 63.5 Å². The van der Waals surface area contributed by atoms with Gasteiger partial charge in [0.05, 0.1) is 24.7 Å². The number of fused-ring (bicyclic) bond motifs is 1. The van der Waals surface area contributed by atoms with Crippen LogP contribution in [0.4, 0.5) is 5.82 Å². The molecular formula is C26H28N4O5S2. The molecule has 1 aromatic carbocycles. The molecule has 0 atom stereocenters. The van der Waals surface area contributed by atoms with Crippen LogP contribution in [0.5, 0.6) is 11.5 Å². The van der Waals surface area contributed by atoms with Gasteiger partial charge in [-0.05, 0) is 55.2 Å². The summed E-state index contributed by atoms with van der Waals surface area (Å²) in [6, 6.07) is 9.28. The Kier molecular flexibility index (Phi) is 8.47. The standard InChI is InChI=1S/C26H28N4O5S2/c1-16-6-4-11-29-23(16)28-22(27-10-5-13-31)18(24(29)32)15-21-25(33)30(26(36)37-21)12-9-17-7-8-19(34-2)20(14-17)35-3/h4,6-8,11,14-15,27,31H,5,9-10,12-13H2,1-3H3/b21-15-. The second-order valence-electron chi connectivity index (χ2n) is 8.34. The summed E-state index contributed by atoms with van der Waals surface area (Å²) >= 11 is 6.66. The molecule has 1 aliphatic heterocycles. The van der Waals surface area contributed by atoms with Gasteiger partial charge in [-0.25, -0.2) is 4.98 Å². The number of thioether (sulfide) groups is 1. The topological polar surface area (TPSA) is 105 Å². The van der Waals surface area contributed by atoms with Crippen molar-refractivity contribution in [3.05, 3.63) is 68.5 Å². The molecule has 2 aromatic heterocycles. The first-order chi connectivity index (χ1) is 17.9. The van der Waals surface area contributed by atoms with Crippen molar-refractivity contribution in [2.75, 3.05) is 39.2 Å². The minimum absolute atomic E-state index is 0.00660. The monoisotopic (exact) mass is 540 g/mol. The van der Waals surface area contributed by atoms with Crippen LogP contribution < -0.4 is 20.3 Å². The Morgan fingerprint density at radius 3 is 2.70 bits per heavy atom. The highest BCUT2D eigenvalue weighted by Gasteiger charge is 2.32. The number of carbonyl (C=O) groups excluding carboxylic acids is 1. The Hall–Kier alpha value is -3.41. The highest BCUT2D eigenvalue weighted by molar-refractivity contribution is 8.26. The number of amides is 1. The molecule has 4 rings (SSSR count). The van der Waals surface area contributed by atoms with Crippen LogP contribution in [0.15, 0.2) is 46.2 Å². The van der Waals surface area contributed by atoms with E-state index >= 15 is 0 Å². The highest BCUT2D eigenvalue weighted by atomic mass is 32.2. The summed E-state index contributed by atoms with van der Waals surface area (Å²) in [5.74, 6) is 1.36. The van der Waals surface area contributed by atoms with Crippen LogP contribution in [0.2, 0.25) is 0 Å². The number of rotatable bonds is 10. The number of aliphatic hydroxyl groups excluding tert-OH is 1. The second kappa shape index (κ2) is 11.8. The van der Waals surface area contributed by atoms with Crippen molar-refractivity contribution in [3.63, 3.8) is 0 Å². The molecule has 2 N–H and O–H groups in total. The third-order valence-electron chi connectivity index (χ3n) is 5.93. The van der Waals surface area contributed by atoms with Crippen molar-refractivity contribution in [1.82, 2.24) is 14.3 Å². The number of aryl methyl sites for hydroxylation is 1. The predicted molar refractivity (Wildman–Crippen MR) is 150 cm³/mol. The number of ether oxygens (including phenoxy) is 2. The molecule has 11 heteroatoms. The van der Waals surface area contributed by atoms with Crippen molar-refractivity contribution < 1.29 is 19.4 Å². The molecule has 0 spiro atoms. The third kappa shape index (κ3) is 5.63. The van der Waals surface area contributed by atoms with Crippen LogP contribution in [-0.2, 0) is 11.2 Å². The van der Waals surface area contributed by atoms with E-state index in [0.29, 0.717) is 58.1 Å². The first-order valence-electron chi connectivity index (χ1n) is 11.7. The van der Waals surface area contributed by atoms with E-state index in [-0.39, 0.29) is 23.6 Å². The molecule has 9 nitrogen and oxygen atoms in total. The second-order valence-corrected chi connectivity index (χ2v) is 10.0. The maximum atomic E-state index is 13.4. The van der Waals surface area contributed by atoms with Crippen LogP contribution >= 0.6 is 24.0 Å². The molecular weight excluding hydrogens is 512 g/mol. The molecule has 3 aromatic rings. The summed E-state index contributed by atoms with van der Waals surface area (Å²) in [6.45, 7) is 2.69. The fourth-order valence-corrected chi connectivity index (χ4v) is 5.25. The van der Waals surface area contributed by atoms with E-state index in [1.54, 1.807) is 32.6 Å². The molecule has 1 fully saturated rings. The average Bonchev–Trinajstić information content (AvgIpc) is 3.17. The first-order valence-corrected chi connectivity index (χ1v) is 12.9. The first kappa shape index (κ1) is 26.6. The van der Waals surface area contributed by atoms with Gasteiger partial charge in [-0.15, -0.1) is 0 Å². The number of thiocarbonyl (C=S) groups is 1. The number of hydrogen-bond acceptors (Lipinski definition) is 9. The Bertz CT molecular complexity index is 1440. The van der Waals surface area contributed by atoms with Gasteiger partial charge in [0.2, 0.25) is 0 Å². The fraction of sp³-hybridized carbons (Fsp3) is 0.308. The van der Waals surface area contributed by atoms with Gasteiger partial charge in [-0.2, -0.15) is 0 Å². The number of benzene rings is 1. The smallest absolute Gasteiger partial charge is 0.267 e. The quantitative estimate of drug-likeness (QED) is 0.228. The molecule has 37 heavy (non-hydrogen) atoms. The van der Waals surface area contributed by atoms with E-state index in [2.05, 4.69) is 10.3 Å². The van der Waals surface area contributed by atoms with Gasteiger partial charge >= 0.3 is 0 Å². The van der Waals surface area contributed by atoms with Gasteiger partial charge < -0.3 is 19.9 Å². The number of nitrogens with one attached hydrogen (secondary N) is 1. The van der Waals surface area contributed by atoms with Gasteiger partial charge in [-0.3, -0.25) is 18.9 Å². The number of anilines is 1. The molecule has 1 amide bonds. The Balaban J connectivity index is 1.62. The van der Waals surface area contributed by atoms with Gasteiger partial charge in [0.1, 0.15) is 15.8 Å². The van der Waals surface area contributed by atoms with Crippen molar-refractivity contribution in [3.8, 4) is 11.5 Å². The van der Waals surface area contributed by atoms with Crippen molar-refractivity contribution in [2.45, 2.75) is 19.8 Å². The lowest BCUT2D eigenvalue weighted by Crippen LogP contribution is -2.30. The highest BCUT2D eigenvalue weighted by Crippen LogP contribution is 2.34. The van der Waals surface area contributed by atoms with Crippen LogP contribution in [0, 0.1) is 6.92 Å². The fourth-order valence-electron chi connectivity index (χ4n) is 3.96. The zero-order chi connectivity index (χ0) is 26.5. The minimum atomic E-state index is -0.296. The van der Waals surface area contributed by atoms with Gasteiger partial charge in [0, 0.05) is 25.9 Å². The largest absolute Gasteiger partial charge is 0.493 e. The van der Waals surface area contributed by atoms with Gasteiger partial charge in [-0.1, -0.05) is 36.1 Å². The summed E-state index contributed by atoms with van der Waals surface area (Å²) in [7, 11) is 3.16. The number of pyridine rings is 1. The van der Waals surface area contributed by atoms with E-state index in [1.807, 2.05) is 31.2 Å². The molecule has 3 heterocycles. The summed E-state index contributed by atoms with van der Waals surface area (Å²) in [4.78, 5) is 33.3. The normalized spacial score (nSPS) is 14.6. The zero-order valence-electron chi connectivity index (χ0n) is 20.8. The Labute approximate surface area is 224 Å². The molecule has 0 radical (unpaired) electrons. The van der Waals surface area contributed by atoms with E-state index in [0.717, 1.165) is 22.9 Å². The number of hydrogen-bond donors (Lipinski definition) is 2. The van der Waals surface area contributed by atoms with Gasteiger partial charge in [0.15, 0.2) is 11.5 Å². The van der Waals surface area contributed by atoms with Crippen molar-refractivity contribution in [1.29, 1.82) is 0 Å². The molecule has 0 unspecified atom stereocenters. The lowest BCUT2D eigenvalue weighted by molar-refractivity contribution is -0.122. The molecule has 1 aliphatic rings. The van der Waals surface area contributed by atoms with Gasteiger partial charge in [0.25, 0.3) is 11.5 Å². The van der Waals surface area contributed by atoms with Crippen molar-refractivity contribution in [2.24, 2.45) is 0 Å². The van der Waals surface area contributed by atoms with Crippen molar-refractivity contribution >= 4 is 51.7 Å². The molecule has 0 bridgehead atoms. The number of carbonyl (C=O) groups is 1. The minimum Gasteiger partial charge on any atom is -0.493 e. The summed E-state index contributed by atoms with van der Waals surface area (Å²) in [5, 5.41) is 12.3. The molecule has 1 saturated heterocycles. The van der Waals surface area contributed by atoms with E-state index in [4.69, 9.17) is 21.7 Å². The van der Waals surface area contributed by atoms with E-state index < -0.39 is 0 Å². The Morgan fingerprint density at radius 2 is 1.97 bits per heavy atom. The van der Waals surface area contributed by atoms with Crippen LogP contribution in [0.25, 0.3) is 11.7 Å². The molecule has 0 aliphatic carbocycles. The number of aromatic nitrogens is 2. The third-order valence-corrected chi connectivity index (χ3v) is 7.31. The number of aliphatic hydroxyl groups is 1. The predicted octanol–water partition coefficient (Wildman–Crippen LogP) is 3.26. The van der Waals surface area contributed by atoms with Crippen LogP contribution in [0.3, 0.4) is 0 Å². The summed E-state index contributed by atoms with van der Waals surface area (Å²) in [5.41, 5.74) is 2.31. The lowest BCUT2D eigenvalue weighted by atomic mass is 10.1. The maximum absolute atomic E-state index is 13.4. The maximum Gasteiger partial charge on any atom is 0.267 e. The molecule has 194 valence electrons. The zero-order valence-corrected chi connectivity index (χ0v) is 22.4. The Morgan fingerprint density at radius 1 is 1.19 bits per heavy atom. The van der Waals surface area contributed by atoms with Crippen LogP contribution in [0.1, 0.15) is 23.1 Å². The SMILES string of the molecule is COc1ccc(CCN2C(=O)/C(=C/c3c(NCCCO)nc4c(C)cccn4c3=O)SC2=S)cc1OC. The summed E-state index contributed by atoms with van der Waals surface area (Å²) < 4.78 is 12.5. The molecule has 0 saturated carbocycles. The lowest BCUT2D eigenvalue weighted by Gasteiger charge is -2.15. The average molecular weight is 541 g/mol. The number of methoxy groups -OCH3 is 2. The van der Waals surface area contributed by atoms with E-state index in [1.165, 1.54) is 9.30 Å². The van der Waals surface area contributed by atoms with E-state index in [9.17, 15) is 14.7 Å². The number of nitrogens with zero attached hydrogens (tertiary/aromatic N) is 3.